The molecule has 0 aliphatic heterocycles. The molecule has 2 heterocycles. The monoisotopic (exact) mass is 400 g/mol. The number of hydrogen-bond donors (Lipinski definition) is 1. The maximum atomic E-state index is 11.9. The predicted molar refractivity (Wildman–Crippen MR) is 93.6 cm³/mol. The Morgan fingerprint density at radius 1 is 1.57 bits per heavy atom. The van der Waals surface area contributed by atoms with Gasteiger partial charge in [-0.05, 0) is 42.8 Å². The number of hydrogen-bond acceptors (Lipinski definition) is 4. The summed E-state index contributed by atoms with van der Waals surface area (Å²) in [5, 5.41) is 3.89. The molecule has 0 aliphatic carbocycles. The van der Waals surface area contributed by atoms with Crippen molar-refractivity contribution < 1.29 is 9.53 Å². The molecular formula is C15H18BrClN4O2. The van der Waals surface area contributed by atoms with Gasteiger partial charge in [0.05, 0.1) is 16.0 Å². The van der Waals surface area contributed by atoms with Gasteiger partial charge in [0.1, 0.15) is 22.7 Å². The first-order chi connectivity index (χ1) is 10.7. The third-order valence-electron chi connectivity index (χ3n) is 2.96. The third-order valence-corrected chi connectivity index (χ3v) is 3.92. The normalized spacial score (nSPS) is 12.9. The van der Waals surface area contributed by atoms with Crippen molar-refractivity contribution >= 4 is 44.7 Å². The number of alkyl carbamates (subject to hydrolysis) is 1. The average Bonchev–Trinajstić information content (AvgIpc) is 2.74. The van der Waals surface area contributed by atoms with Crippen LogP contribution in [0.5, 0.6) is 0 Å². The number of rotatable bonds is 4. The summed E-state index contributed by atoms with van der Waals surface area (Å²) >= 11 is 9.55. The van der Waals surface area contributed by atoms with E-state index >= 15 is 0 Å². The first kappa shape index (κ1) is 17.7. The molecule has 2 aromatic heterocycles. The van der Waals surface area contributed by atoms with Gasteiger partial charge < -0.3 is 14.6 Å². The molecule has 0 bridgehead atoms. The maximum absolute atomic E-state index is 11.9. The summed E-state index contributed by atoms with van der Waals surface area (Å²) in [5.41, 5.74) is 0.117. The van der Waals surface area contributed by atoms with Gasteiger partial charge in [-0.2, -0.15) is 0 Å². The van der Waals surface area contributed by atoms with Crippen molar-refractivity contribution in [2.24, 2.45) is 0 Å². The molecule has 8 heteroatoms. The van der Waals surface area contributed by atoms with Crippen LogP contribution >= 0.6 is 27.5 Å². The van der Waals surface area contributed by atoms with E-state index in [0.29, 0.717) is 17.3 Å². The molecule has 0 spiro atoms. The molecule has 0 saturated heterocycles. The summed E-state index contributed by atoms with van der Waals surface area (Å²) < 4.78 is 7.93. The Labute approximate surface area is 148 Å². The van der Waals surface area contributed by atoms with Crippen molar-refractivity contribution in [3.63, 3.8) is 0 Å². The lowest BCUT2D eigenvalue weighted by molar-refractivity contribution is 0.0511. The number of ether oxygens (including phenoxy) is 1. The zero-order valence-electron chi connectivity index (χ0n) is 13.1. The summed E-state index contributed by atoms with van der Waals surface area (Å²) in [6.07, 6.45) is 2.55. The summed E-state index contributed by atoms with van der Waals surface area (Å²) in [5.74, 6) is 0. The largest absolute Gasteiger partial charge is 0.444 e. The van der Waals surface area contributed by atoms with Gasteiger partial charge in [0.2, 0.25) is 0 Å². The van der Waals surface area contributed by atoms with Gasteiger partial charge in [0.25, 0.3) is 0 Å². The highest BCUT2D eigenvalue weighted by Crippen LogP contribution is 2.27. The van der Waals surface area contributed by atoms with Crippen molar-refractivity contribution in [1.29, 1.82) is 0 Å². The van der Waals surface area contributed by atoms with Gasteiger partial charge in [0.15, 0.2) is 0 Å². The Hall–Kier alpha value is -1.60. The average molecular weight is 402 g/mol. The van der Waals surface area contributed by atoms with Crippen LogP contribution in [-0.2, 0) is 11.3 Å². The lowest BCUT2D eigenvalue weighted by atomic mass is 10.2. The topological polar surface area (TPSA) is 69.0 Å². The Balaban J connectivity index is 2.20. The molecule has 0 aliphatic rings. The summed E-state index contributed by atoms with van der Waals surface area (Å²) in [6.45, 7) is 9.62. The van der Waals surface area contributed by atoms with Gasteiger partial charge >= 0.3 is 6.09 Å². The Kier molecular flexibility index (Phi) is 5.31. The van der Waals surface area contributed by atoms with Crippen LogP contribution in [0.25, 0.3) is 11.0 Å². The van der Waals surface area contributed by atoms with Gasteiger partial charge in [-0.1, -0.05) is 17.7 Å². The number of halogens is 2. The van der Waals surface area contributed by atoms with Gasteiger partial charge in [0, 0.05) is 6.54 Å². The van der Waals surface area contributed by atoms with Crippen LogP contribution < -0.4 is 5.32 Å². The Bertz CT molecular complexity index is 739. The molecule has 0 saturated carbocycles. The Morgan fingerprint density at radius 2 is 2.26 bits per heavy atom. The van der Waals surface area contributed by atoms with Crippen molar-refractivity contribution in [1.82, 2.24) is 19.9 Å². The lowest BCUT2D eigenvalue weighted by Crippen LogP contribution is -2.40. The van der Waals surface area contributed by atoms with E-state index in [1.165, 1.54) is 6.33 Å². The standard InChI is InChI=1S/C15H18BrClN4O2/c1-5-9(20-14(22)23-15(2,3)4)7-21-11(16)6-10-12(17)18-8-19-13(10)21/h5-6,8-9H,1,7H2,2-4H3,(H,20,22)/t9-/m0/s1. The van der Waals surface area contributed by atoms with Crippen molar-refractivity contribution in [3.8, 4) is 0 Å². The van der Waals surface area contributed by atoms with Crippen molar-refractivity contribution in [2.45, 2.75) is 39.0 Å². The van der Waals surface area contributed by atoms with Crippen LogP contribution in [-0.4, -0.2) is 32.3 Å². The fourth-order valence-electron chi connectivity index (χ4n) is 2.01. The molecule has 2 aromatic rings. The highest BCUT2D eigenvalue weighted by Gasteiger charge is 2.20. The van der Waals surface area contributed by atoms with E-state index in [0.717, 1.165) is 9.99 Å². The van der Waals surface area contributed by atoms with E-state index in [2.05, 4.69) is 37.8 Å². The van der Waals surface area contributed by atoms with E-state index in [-0.39, 0.29) is 6.04 Å². The number of aromatic nitrogens is 3. The fourth-order valence-corrected chi connectivity index (χ4v) is 2.74. The number of amides is 1. The van der Waals surface area contributed by atoms with Crippen molar-refractivity contribution in [3.05, 3.63) is 34.8 Å². The molecule has 1 atom stereocenters. The zero-order valence-corrected chi connectivity index (χ0v) is 15.5. The SMILES string of the molecule is C=C[C@@H](Cn1c(Br)cc2c(Cl)ncnc21)NC(=O)OC(C)(C)C. The van der Waals surface area contributed by atoms with E-state index < -0.39 is 11.7 Å². The first-order valence-corrected chi connectivity index (χ1v) is 8.15. The van der Waals surface area contributed by atoms with E-state index in [1.807, 2.05) is 31.4 Å². The predicted octanol–water partition coefficient (Wildman–Crippen LogP) is 3.93. The molecule has 0 radical (unpaired) electrons. The lowest BCUT2D eigenvalue weighted by Gasteiger charge is -2.22. The van der Waals surface area contributed by atoms with Crippen LogP contribution in [0.4, 0.5) is 4.79 Å². The molecule has 0 aromatic carbocycles. The molecule has 2 rings (SSSR count). The molecule has 124 valence electrons. The van der Waals surface area contributed by atoms with Gasteiger partial charge in [-0.25, -0.2) is 14.8 Å². The minimum atomic E-state index is -0.558. The first-order valence-electron chi connectivity index (χ1n) is 6.98. The second kappa shape index (κ2) is 6.88. The molecule has 23 heavy (non-hydrogen) atoms. The fraction of sp³-hybridized carbons (Fsp3) is 0.400. The number of carbonyl (C=O) groups excluding carboxylic acids is 1. The van der Waals surface area contributed by atoms with Crippen LogP contribution in [0.1, 0.15) is 20.8 Å². The van der Waals surface area contributed by atoms with E-state index in [9.17, 15) is 4.79 Å². The van der Waals surface area contributed by atoms with Gasteiger partial charge in [-0.3, -0.25) is 0 Å². The smallest absolute Gasteiger partial charge is 0.408 e. The second-order valence-electron chi connectivity index (χ2n) is 5.97. The minimum Gasteiger partial charge on any atom is -0.444 e. The van der Waals surface area contributed by atoms with E-state index in [4.69, 9.17) is 16.3 Å². The molecule has 1 N–H and O–H groups in total. The highest BCUT2D eigenvalue weighted by molar-refractivity contribution is 9.10. The zero-order chi connectivity index (χ0) is 17.2. The molecule has 0 fully saturated rings. The minimum absolute atomic E-state index is 0.328. The van der Waals surface area contributed by atoms with Crippen LogP contribution in [0.2, 0.25) is 5.15 Å². The second-order valence-corrected chi connectivity index (χ2v) is 7.14. The molecular weight excluding hydrogens is 384 g/mol. The molecule has 1 amide bonds. The summed E-state index contributed by atoms with van der Waals surface area (Å²) in [4.78, 5) is 20.1. The summed E-state index contributed by atoms with van der Waals surface area (Å²) in [6, 6.07) is 1.51. The van der Waals surface area contributed by atoms with Crippen LogP contribution in [0, 0.1) is 0 Å². The van der Waals surface area contributed by atoms with E-state index in [1.54, 1.807) is 6.08 Å². The molecule has 0 unspecified atom stereocenters. The van der Waals surface area contributed by atoms with Crippen molar-refractivity contribution in [2.75, 3.05) is 0 Å². The highest BCUT2D eigenvalue weighted by atomic mass is 79.9. The number of fused-ring (bicyclic) bond motifs is 1. The quantitative estimate of drug-likeness (QED) is 0.622. The van der Waals surface area contributed by atoms with Gasteiger partial charge in [-0.15, -0.1) is 6.58 Å². The number of nitrogens with zero attached hydrogens (tertiary/aromatic N) is 3. The summed E-state index contributed by atoms with van der Waals surface area (Å²) in [7, 11) is 0. The van der Waals surface area contributed by atoms with Crippen LogP contribution in [0.15, 0.2) is 29.7 Å². The third kappa shape index (κ3) is 4.45. The maximum Gasteiger partial charge on any atom is 0.408 e. The Morgan fingerprint density at radius 3 is 2.87 bits per heavy atom. The molecule has 6 nitrogen and oxygen atoms in total. The number of nitrogens with one attached hydrogen (secondary N) is 1. The van der Waals surface area contributed by atoms with Crippen LogP contribution in [0.3, 0.4) is 0 Å². The number of carbonyl (C=O) groups is 1.